The molecule has 2 aromatic carbocycles. The number of aromatic nitrogens is 2. The minimum atomic E-state index is -0.223. The van der Waals surface area contributed by atoms with Gasteiger partial charge in [-0.05, 0) is 42.9 Å². The van der Waals surface area contributed by atoms with Gasteiger partial charge in [-0.25, -0.2) is 9.97 Å². The van der Waals surface area contributed by atoms with Crippen LogP contribution < -0.4 is 9.80 Å². The van der Waals surface area contributed by atoms with Crippen LogP contribution in [0.15, 0.2) is 49.1 Å². The number of piperazine rings is 1. The van der Waals surface area contributed by atoms with Crippen molar-refractivity contribution in [3.8, 4) is 6.07 Å². The lowest BCUT2D eigenvalue weighted by atomic mass is 9.99. The predicted octanol–water partition coefficient (Wildman–Crippen LogP) is 3.92. The van der Waals surface area contributed by atoms with Crippen molar-refractivity contribution in [2.45, 2.75) is 51.5 Å². The summed E-state index contributed by atoms with van der Waals surface area (Å²) in [5.74, 6) is 1.42. The second-order valence-electron chi connectivity index (χ2n) is 11.0. The second-order valence-corrected chi connectivity index (χ2v) is 11.0. The number of hydrogen-bond donors (Lipinski definition) is 0. The van der Waals surface area contributed by atoms with Gasteiger partial charge in [0, 0.05) is 49.4 Å². The molecule has 2 unspecified atom stereocenters. The highest BCUT2D eigenvalue weighted by atomic mass is 16.5. The van der Waals surface area contributed by atoms with Crippen LogP contribution in [0.25, 0.3) is 10.8 Å². The zero-order valence-corrected chi connectivity index (χ0v) is 23.6. The molecular weight excluding hydrogens is 516 g/mol. The average Bonchev–Trinajstić information content (AvgIpc) is 3.53. The van der Waals surface area contributed by atoms with Crippen molar-refractivity contribution in [3.63, 3.8) is 0 Å². The summed E-state index contributed by atoms with van der Waals surface area (Å²) in [6, 6.07) is 15.0. The van der Waals surface area contributed by atoms with Gasteiger partial charge in [0.1, 0.15) is 12.4 Å². The van der Waals surface area contributed by atoms with E-state index < -0.39 is 0 Å². The third-order valence-corrected chi connectivity index (χ3v) is 8.42. The molecule has 0 N–H and O–H groups in total. The predicted molar refractivity (Wildman–Crippen MR) is 158 cm³/mol. The number of carbonyl (C=O) groups is 1. The Balaban J connectivity index is 1.34. The molecule has 0 radical (unpaired) electrons. The van der Waals surface area contributed by atoms with E-state index in [9.17, 15) is 10.1 Å². The van der Waals surface area contributed by atoms with E-state index >= 15 is 0 Å². The lowest BCUT2D eigenvalue weighted by Gasteiger charge is -2.42. The molecule has 0 bridgehead atoms. The van der Waals surface area contributed by atoms with Gasteiger partial charge in [-0.1, -0.05) is 36.9 Å². The molecule has 41 heavy (non-hydrogen) atoms. The summed E-state index contributed by atoms with van der Waals surface area (Å²) in [6.45, 7) is 10.7. The van der Waals surface area contributed by atoms with Gasteiger partial charge < -0.3 is 24.2 Å². The highest BCUT2D eigenvalue weighted by Gasteiger charge is 2.33. The molecule has 0 aliphatic carbocycles. The van der Waals surface area contributed by atoms with Gasteiger partial charge in [0.05, 0.1) is 43.5 Å². The normalized spacial score (nSPS) is 20.6. The molecule has 9 nitrogen and oxygen atoms in total. The third-order valence-electron chi connectivity index (χ3n) is 8.42. The molecular formula is C32H36N6O3. The van der Waals surface area contributed by atoms with Crippen LogP contribution in [0.2, 0.25) is 0 Å². The highest BCUT2D eigenvalue weighted by Crippen LogP contribution is 2.35. The van der Waals surface area contributed by atoms with Gasteiger partial charge in [-0.15, -0.1) is 0 Å². The lowest BCUT2D eigenvalue weighted by molar-refractivity contribution is -0.128. The van der Waals surface area contributed by atoms with Crippen molar-refractivity contribution < 1.29 is 14.3 Å². The molecule has 2 fully saturated rings. The first kappa shape index (κ1) is 27.2. The summed E-state index contributed by atoms with van der Waals surface area (Å²) >= 11 is 0. The van der Waals surface area contributed by atoms with E-state index in [4.69, 9.17) is 19.4 Å². The molecule has 2 atom stereocenters. The molecule has 212 valence electrons. The molecule has 3 aromatic rings. The van der Waals surface area contributed by atoms with Gasteiger partial charge >= 0.3 is 0 Å². The Morgan fingerprint density at radius 1 is 1.20 bits per heavy atom. The molecule has 0 spiro atoms. The molecule has 1 aromatic heterocycles. The van der Waals surface area contributed by atoms with Gasteiger partial charge in [0.25, 0.3) is 0 Å². The summed E-state index contributed by atoms with van der Waals surface area (Å²) in [7, 11) is 0. The number of nitrogens with zero attached hydrogens (tertiary/aromatic N) is 6. The fraction of sp³-hybridized carbons (Fsp3) is 0.438. The Hall–Kier alpha value is -4.00. The molecule has 3 aliphatic rings. The Kier molecular flexibility index (Phi) is 7.86. The van der Waals surface area contributed by atoms with Crippen LogP contribution in [-0.2, 0) is 33.8 Å². The number of aryl methyl sites for hydroxylation is 1. The fourth-order valence-corrected chi connectivity index (χ4v) is 6.33. The summed E-state index contributed by atoms with van der Waals surface area (Å²) in [5, 5.41) is 12.0. The van der Waals surface area contributed by atoms with Crippen molar-refractivity contribution >= 4 is 28.2 Å². The van der Waals surface area contributed by atoms with Crippen molar-refractivity contribution in [3.05, 3.63) is 71.7 Å². The summed E-state index contributed by atoms with van der Waals surface area (Å²) < 4.78 is 11.6. The zero-order valence-electron chi connectivity index (χ0n) is 23.6. The standard InChI is InChI=1S/C32H36N6O3/c1-3-30(39)38-16-15-37(18-24(38)10-13-33)32-26-11-14-36(28-9-5-8-23-7-4-6-22(2)31(23)28)19-27(26)34-29(35-32)21-41-25-12-17-40-20-25/h3-9,24-25H,1,10-12,14-21H2,2H3. The minimum absolute atomic E-state index is 0.0571. The quantitative estimate of drug-likeness (QED) is 0.407. The summed E-state index contributed by atoms with van der Waals surface area (Å²) in [4.78, 5) is 29.0. The van der Waals surface area contributed by atoms with E-state index in [1.165, 1.54) is 28.1 Å². The number of benzene rings is 2. The maximum Gasteiger partial charge on any atom is 0.246 e. The number of rotatable bonds is 7. The van der Waals surface area contributed by atoms with E-state index in [0.717, 1.165) is 36.5 Å². The number of amides is 1. The monoisotopic (exact) mass is 552 g/mol. The maximum atomic E-state index is 12.5. The number of hydrogen-bond acceptors (Lipinski definition) is 8. The van der Waals surface area contributed by atoms with Crippen LogP contribution in [0.4, 0.5) is 11.5 Å². The summed E-state index contributed by atoms with van der Waals surface area (Å²) in [6.07, 6.45) is 3.33. The number of ether oxygens (including phenoxy) is 2. The second kappa shape index (κ2) is 11.9. The van der Waals surface area contributed by atoms with Crippen LogP contribution in [0.3, 0.4) is 0 Å². The van der Waals surface area contributed by atoms with E-state index in [0.29, 0.717) is 51.8 Å². The minimum Gasteiger partial charge on any atom is -0.379 e. The van der Waals surface area contributed by atoms with Crippen molar-refractivity contribution in [2.75, 3.05) is 49.2 Å². The van der Waals surface area contributed by atoms with Gasteiger partial charge in [-0.3, -0.25) is 4.79 Å². The smallest absolute Gasteiger partial charge is 0.246 e. The fourth-order valence-electron chi connectivity index (χ4n) is 6.33. The van der Waals surface area contributed by atoms with E-state index in [1.807, 2.05) is 0 Å². The highest BCUT2D eigenvalue weighted by molar-refractivity contribution is 5.97. The molecule has 4 heterocycles. The van der Waals surface area contributed by atoms with Crippen molar-refractivity contribution in [1.29, 1.82) is 5.26 Å². The number of nitriles is 1. The Morgan fingerprint density at radius 2 is 2.05 bits per heavy atom. The van der Waals surface area contributed by atoms with Crippen LogP contribution in [-0.4, -0.2) is 72.3 Å². The Bertz CT molecular complexity index is 1490. The molecule has 9 heteroatoms. The van der Waals surface area contributed by atoms with Crippen LogP contribution in [0.5, 0.6) is 0 Å². The zero-order chi connectivity index (χ0) is 28.3. The van der Waals surface area contributed by atoms with Crippen LogP contribution in [0, 0.1) is 18.3 Å². The van der Waals surface area contributed by atoms with Crippen LogP contribution >= 0.6 is 0 Å². The third kappa shape index (κ3) is 5.50. The SMILES string of the molecule is C=CC(=O)N1CCN(c2nc(COC3CCOC3)nc3c2CCN(c2cccc4cccc(C)c24)C3)CC1CC#N. The largest absolute Gasteiger partial charge is 0.379 e. The molecule has 3 aliphatic heterocycles. The molecule has 1 amide bonds. The Labute approximate surface area is 241 Å². The van der Waals surface area contributed by atoms with Gasteiger partial charge in [0.2, 0.25) is 5.91 Å². The molecule has 2 saturated heterocycles. The van der Waals surface area contributed by atoms with Crippen molar-refractivity contribution in [1.82, 2.24) is 14.9 Å². The van der Waals surface area contributed by atoms with Gasteiger partial charge in [0.15, 0.2) is 5.82 Å². The van der Waals surface area contributed by atoms with E-state index in [1.54, 1.807) is 4.90 Å². The van der Waals surface area contributed by atoms with Crippen LogP contribution in [0.1, 0.15) is 35.5 Å². The molecule has 6 rings (SSSR count). The van der Waals surface area contributed by atoms with E-state index in [-0.39, 0.29) is 24.5 Å². The lowest BCUT2D eigenvalue weighted by Crippen LogP contribution is -2.55. The number of anilines is 2. The van der Waals surface area contributed by atoms with E-state index in [2.05, 4.69) is 65.8 Å². The van der Waals surface area contributed by atoms with Gasteiger partial charge in [-0.2, -0.15) is 5.26 Å². The maximum absolute atomic E-state index is 12.5. The summed E-state index contributed by atoms with van der Waals surface area (Å²) in [5.41, 5.74) is 4.63. The average molecular weight is 553 g/mol. The first-order valence-electron chi connectivity index (χ1n) is 14.4. The number of carbonyl (C=O) groups excluding carboxylic acids is 1. The molecule has 0 saturated carbocycles. The first-order chi connectivity index (χ1) is 20.1. The number of fused-ring (bicyclic) bond motifs is 2. The Morgan fingerprint density at radius 3 is 2.83 bits per heavy atom. The topological polar surface area (TPSA) is 94.8 Å². The first-order valence-corrected chi connectivity index (χ1v) is 14.4. The van der Waals surface area contributed by atoms with Crippen molar-refractivity contribution in [2.24, 2.45) is 0 Å².